The molecule has 2 N–H and O–H groups in total. The van der Waals surface area contributed by atoms with Gasteiger partial charge in [-0.1, -0.05) is 0 Å². The fraction of sp³-hybridized carbons (Fsp3) is 0.571. The lowest BCUT2D eigenvalue weighted by Gasteiger charge is -2.33. The number of nitrogens with one attached hydrogen (secondary N) is 2. The van der Waals surface area contributed by atoms with Crippen molar-refractivity contribution in [3.8, 4) is 0 Å². The molecule has 3 rings (SSSR count). The van der Waals surface area contributed by atoms with Crippen LogP contribution in [-0.2, 0) is 0 Å². The average Bonchev–Trinajstić information content (AvgIpc) is 2.40. The van der Waals surface area contributed by atoms with Crippen molar-refractivity contribution in [3.05, 3.63) is 11.8 Å². The predicted molar refractivity (Wildman–Crippen MR) is 36.9 cm³/mol. The van der Waals surface area contributed by atoms with Gasteiger partial charge in [0.15, 0.2) is 0 Å². The van der Waals surface area contributed by atoms with Crippen LogP contribution >= 0.6 is 0 Å². The van der Waals surface area contributed by atoms with Gasteiger partial charge in [-0.15, -0.1) is 0 Å². The highest BCUT2D eigenvalue weighted by atomic mass is 19.3. The minimum atomic E-state index is -2.63. The van der Waals surface area contributed by atoms with Gasteiger partial charge >= 0.3 is 0 Å². The van der Waals surface area contributed by atoms with E-state index in [1.54, 1.807) is 6.08 Å². The Morgan fingerprint density at radius 1 is 1.73 bits per heavy atom. The van der Waals surface area contributed by atoms with Crippen molar-refractivity contribution in [2.75, 3.05) is 0 Å². The topological polar surface area (TPSA) is 35.9 Å². The van der Waals surface area contributed by atoms with E-state index >= 15 is 0 Å². The standard InChI is InChI=1S/C7H8F2N2/c8-6(9)5(10)7-2-1-4(3-7)11-7/h3,6,10-11H,1-2H2. The van der Waals surface area contributed by atoms with E-state index in [1.807, 2.05) is 0 Å². The second kappa shape index (κ2) is 1.81. The summed E-state index contributed by atoms with van der Waals surface area (Å²) in [5.74, 6) is 0. The Morgan fingerprint density at radius 3 is 2.73 bits per heavy atom. The molecular weight excluding hydrogens is 150 g/mol. The summed E-state index contributed by atoms with van der Waals surface area (Å²) in [6, 6.07) is 0. The van der Waals surface area contributed by atoms with Gasteiger partial charge in [-0.25, -0.2) is 8.78 Å². The van der Waals surface area contributed by atoms with Crippen LogP contribution in [0.4, 0.5) is 8.78 Å². The van der Waals surface area contributed by atoms with E-state index in [1.165, 1.54) is 0 Å². The minimum absolute atomic E-state index is 0.487. The normalized spacial score (nSPS) is 32.8. The molecule has 1 unspecified atom stereocenters. The van der Waals surface area contributed by atoms with E-state index in [-0.39, 0.29) is 0 Å². The van der Waals surface area contributed by atoms with Crippen molar-refractivity contribution in [3.63, 3.8) is 0 Å². The average molecular weight is 158 g/mol. The van der Waals surface area contributed by atoms with Crippen LogP contribution in [0.1, 0.15) is 12.8 Å². The maximum absolute atomic E-state index is 12.1. The van der Waals surface area contributed by atoms with E-state index in [0.717, 1.165) is 12.1 Å². The van der Waals surface area contributed by atoms with Crippen LogP contribution in [0.15, 0.2) is 11.8 Å². The summed E-state index contributed by atoms with van der Waals surface area (Å²) in [6.07, 6.45) is 0.556. The van der Waals surface area contributed by atoms with Gasteiger partial charge in [0, 0.05) is 5.70 Å². The molecule has 0 spiro atoms. The smallest absolute Gasteiger partial charge is 0.278 e. The maximum atomic E-state index is 12.1. The third-order valence-electron chi connectivity index (χ3n) is 2.29. The van der Waals surface area contributed by atoms with Crippen molar-refractivity contribution in [1.82, 2.24) is 5.32 Å². The number of halogens is 2. The zero-order chi connectivity index (χ0) is 8.06. The molecular formula is C7H8F2N2. The molecule has 2 aliphatic heterocycles. The molecule has 1 atom stereocenters. The molecule has 0 saturated carbocycles. The second-order valence-electron chi connectivity index (χ2n) is 2.98. The molecule has 0 aromatic heterocycles. The van der Waals surface area contributed by atoms with Gasteiger partial charge in [0.1, 0.15) is 11.3 Å². The molecule has 2 nitrogen and oxygen atoms in total. The molecule has 0 radical (unpaired) electrons. The monoisotopic (exact) mass is 158 g/mol. The molecule has 2 bridgehead atoms. The van der Waals surface area contributed by atoms with Crippen LogP contribution in [0.2, 0.25) is 0 Å². The molecule has 0 aromatic rings. The molecule has 60 valence electrons. The molecule has 3 aliphatic rings. The van der Waals surface area contributed by atoms with E-state index in [9.17, 15) is 8.78 Å². The van der Waals surface area contributed by atoms with Gasteiger partial charge in [0.2, 0.25) is 0 Å². The summed E-state index contributed by atoms with van der Waals surface area (Å²) in [5, 5.41) is 9.99. The Bertz CT molecular complexity index is 247. The van der Waals surface area contributed by atoms with Crippen LogP contribution in [0.3, 0.4) is 0 Å². The first-order chi connectivity index (χ1) is 5.14. The predicted octanol–water partition coefficient (Wildman–Crippen LogP) is 1.29. The first-order valence-corrected chi connectivity index (χ1v) is 3.51. The highest BCUT2D eigenvalue weighted by Gasteiger charge is 2.48. The summed E-state index contributed by atoms with van der Waals surface area (Å²) in [4.78, 5) is 0. The molecule has 0 aromatic carbocycles. The Morgan fingerprint density at radius 2 is 2.36 bits per heavy atom. The van der Waals surface area contributed by atoms with Crippen molar-refractivity contribution in [2.24, 2.45) is 0 Å². The fourth-order valence-corrected chi connectivity index (χ4v) is 1.65. The quantitative estimate of drug-likeness (QED) is 0.583. The first kappa shape index (κ1) is 6.76. The minimum Gasteiger partial charge on any atom is -0.374 e. The van der Waals surface area contributed by atoms with Gasteiger partial charge < -0.3 is 10.7 Å². The summed E-state index contributed by atoms with van der Waals surface area (Å²) in [5.41, 5.74) is -0.238. The van der Waals surface area contributed by atoms with Crippen molar-refractivity contribution < 1.29 is 8.78 Å². The molecule has 2 heterocycles. The molecule has 0 amide bonds. The first-order valence-electron chi connectivity index (χ1n) is 3.51. The lowest BCUT2D eigenvalue weighted by Crippen LogP contribution is -2.53. The Labute approximate surface area is 62.8 Å². The summed E-state index contributed by atoms with van der Waals surface area (Å²) in [6.45, 7) is 0. The van der Waals surface area contributed by atoms with E-state index in [4.69, 9.17) is 5.41 Å². The van der Waals surface area contributed by atoms with Gasteiger partial charge in [-0.3, -0.25) is 0 Å². The molecule has 1 saturated heterocycles. The van der Waals surface area contributed by atoms with Crippen LogP contribution in [0.25, 0.3) is 0 Å². The Kier molecular flexibility index (Phi) is 1.11. The summed E-state index contributed by atoms with van der Waals surface area (Å²) >= 11 is 0. The van der Waals surface area contributed by atoms with Crippen molar-refractivity contribution in [1.29, 1.82) is 5.41 Å². The maximum Gasteiger partial charge on any atom is 0.278 e. The summed E-state index contributed by atoms with van der Waals surface area (Å²) in [7, 11) is 0. The number of hydrogen-bond acceptors (Lipinski definition) is 2. The zero-order valence-electron chi connectivity index (χ0n) is 5.82. The Balaban J connectivity index is 2.18. The number of allylic oxidation sites excluding steroid dienone is 1. The Hall–Kier alpha value is -0.930. The van der Waals surface area contributed by atoms with Crippen LogP contribution in [-0.4, -0.2) is 17.7 Å². The van der Waals surface area contributed by atoms with Crippen molar-refractivity contribution >= 4 is 5.71 Å². The highest BCUT2D eigenvalue weighted by molar-refractivity contribution is 5.98. The van der Waals surface area contributed by atoms with E-state index in [0.29, 0.717) is 6.42 Å². The van der Waals surface area contributed by atoms with E-state index < -0.39 is 17.7 Å². The van der Waals surface area contributed by atoms with E-state index in [2.05, 4.69) is 5.32 Å². The van der Waals surface area contributed by atoms with Crippen LogP contribution in [0, 0.1) is 5.41 Å². The molecule has 1 aliphatic carbocycles. The number of hydrogen-bond donors (Lipinski definition) is 2. The molecule has 4 heteroatoms. The zero-order valence-corrected chi connectivity index (χ0v) is 5.82. The third-order valence-corrected chi connectivity index (χ3v) is 2.29. The largest absolute Gasteiger partial charge is 0.374 e. The molecule has 1 fully saturated rings. The fourth-order valence-electron chi connectivity index (χ4n) is 1.65. The van der Waals surface area contributed by atoms with Crippen molar-refractivity contribution in [2.45, 2.75) is 24.8 Å². The van der Waals surface area contributed by atoms with Gasteiger partial charge in [0.05, 0.1) is 0 Å². The van der Waals surface area contributed by atoms with Gasteiger partial charge in [-0.05, 0) is 18.9 Å². The van der Waals surface area contributed by atoms with Gasteiger partial charge in [0.25, 0.3) is 6.43 Å². The third kappa shape index (κ3) is 0.721. The number of fused-ring (bicyclic) bond motifs is 1. The van der Waals surface area contributed by atoms with Crippen LogP contribution < -0.4 is 5.32 Å². The van der Waals surface area contributed by atoms with Crippen LogP contribution in [0.5, 0.6) is 0 Å². The van der Waals surface area contributed by atoms with Gasteiger partial charge in [-0.2, -0.15) is 0 Å². The lowest BCUT2D eigenvalue weighted by atomic mass is 9.91. The number of alkyl halides is 2. The lowest BCUT2D eigenvalue weighted by molar-refractivity contribution is 0.214. The number of rotatable bonds is 2. The highest BCUT2D eigenvalue weighted by Crippen LogP contribution is 2.39. The summed E-state index contributed by atoms with van der Waals surface area (Å²) < 4.78 is 24.1. The molecule has 11 heavy (non-hydrogen) atoms. The second-order valence-corrected chi connectivity index (χ2v) is 2.98. The SMILES string of the molecule is N=C(C(F)F)C12C=C(CC1)N2.